The van der Waals surface area contributed by atoms with Gasteiger partial charge in [0.25, 0.3) is 0 Å². The predicted octanol–water partition coefficient (Wildman–Crippen LogP) is 6.28. The fourth-order valence-electron chi connectivity index (χ4n) is 4.66. The molecule has 0 saturated heterocycles. The third-order valence-corrected chi connectivity index (χ3v) is 8.21. The highest BCUT2D eigenvalue weighted by Gasteiger charge is 2.40. The molecule has 0 aliphatic carbocycles. The smallest absolute Gasteiger partial charge is 0.326 e. The molecule has 182 valence electrons. The van der Waals surface area contributed by atoms with Gasteiger partial charge in [-0.25, -0.2) is 9.78 Å². The van der Waals surface area contributed by atoms with Crippen molar-refractivity contribution >= 4 is 42.4 Å². The van der Waals surface area contributed by atoms with Crippen LogP contribution >= 0.6 is 11.6 Å². The number of ether oxygens (including phenoxy) is 1. The summed E-state index contributed by atoms with van der Waals surface area (Å²) in [6, 6.07) is 10.6. The highest BCUT2D eigenvalue weighted by Crippen LogP contribution is 2.41. The summed E-state index contributed by atoms with van der Waals surface area (Å²) in [5.74, 6) is -0.793. The van der Waals surface area contributed by atoms with Crippen LogP contribution in [-0.4, -0.2) is 46.9 Å². The molecule has 8 heteroatoms. The van der Waals surface area contributed by atoms with Gasteiger partial charge in [-0.3, -0.25) is 0 Å². The number of aromatic nitrogens is 2. The maximum atomic E-state index is 12.0. The molecule has 6 nitrogen and oxygen atoms in total. The van der Waals surface area contributed by atoms with Crippen LogP contribution in [-0.2, 0) is 22.7 Å². The second kappa shape index (κ2) is 9.02. The third-order valence-electron chi connectivity index (χ3n) is 6.30. The Morgan fingerprint density at radius 1 is 1.24 bits per heavy atom. The molecule has 1 aromatic carbocycles. The number of carboxylic acid groups (broad SMARTS) is 1. The molecule has 3 aromatic rings. The molecular formula is C26H34ClN3O3Si. The van der Waals surface area contributed by atoms with Crippen molar-refractivity contribution < 1.29 is 14.6 Å². The van der Waals surface area contributed by atoms with E-state index in [1.807, 2.05) is 15.5 Å². The molecule has 0 bridgehead atoms. The molecule has 34 heavy (non-hydrogen) atoms. The standard InChI is InChI=1S/C26H34ClN3O3Si/c1-26(2,3)30-21-9-7-17(13-18(21)14-22(30)25(31)32)20-15-29(16-33-11-12-34(4,5)6)24-19(20)8-10-23(27)28-24/h7-10,13,15,22H,11-12,14,16H2,1-6H3,(H,31,32). The molecule has 1 aliphatic rings. The summed E-state index contributed by atoms with van der Waals surface area (Å²) >= 11 is 6.23. The lowest BCUT2D eigenvalue weighted by molar-refractivity contribution is -0.138. The second-order valence-electron chi connectivity index (χ2n) is 11.3. The molecule has 1 N–H and O–H groups in total. The number of hydrogen-bond acceptors (Lipinski definition) is 4. The Morgan fingerprint density at radius 2 is 1.97 bits per heavy atom. The van der Waals surface area contributed by atoms with E-state index >= 15 is 0 Å². The van der Waals surface area contributed by atoms with Gasteiger partial charge in [0.1, 0.15) is 23.6 Å². The maximum Gasteiger partial charge on any atom is 0.326 e. The summed E-state index contributed by atoms with van der Waals surface area (Å²) in [4.78, 5) is 18.6. The molecule has 2 aromatic heterocycles. The highest BCUT2D eigenvalue weighted by molar-refractivity contribution is 6.76. The van der Waals surface area contributed by atoms with Crippen molar-refractivity contribution in [3.05, 3.63) is 47.2 Å². The Morgan fingerprint density at radius 3 is 2.62 bits per heavy atom. The number of carbonyl (C=O) groups is 1. The summed E-state index contributed by atoms with van der Waals surface area (Å²) < 4.78 is 8.01. The van der Waals surface area contributed by atoms with E-state index in [0.717, 1.165) is 46.1 Å². The summed E-state index contributed by atoms with van der Waals surface area (Å²) in [5.41, 5.74) is 4.61. The van der Waals surface area contributed by atoms with Gasteiger partial charge in [0.05, 0.1) is 0 Å². The summed E-state index contributed by atoms with van der Waals surface area (Å²) in [7, 11) is -1.17. The van der Waals surface area contributed by atoms with Crippen LogP contribution < -0.4 is 4.90 Å². The van der Waals surface area contributed by atoms with Crippen molar-refractivity contribution in [2.45, 2.75) is 71.2 Å². The molecule has 1 aliphatic heterocycles. The number of fused-ring (bicyclic) bond motifs is 2. The summed E-state index contributed by atoms with van der Waals surface area (Å²) in [6.45, 7) is 14.3. The largest absolute Gasteiger partial charge is 0.480 e. The van der Waals surface area contributed by atoms with Gasteiger partial charge in [0.2, 0.25) is 0 Å². The second-order valence-corrected chi connectivity index (χ2v) is 17.3. The first-order valence-corrected chi connectivity index (χ1v) is 15.8. The van der Waals surface area contributed by atoms with E-state index in [1.54, 1.807) is 6.07 Å². The van der Waals surface area contributed by atoms with Crippen molar-refractivity contribution in [1.29, 1.82) is 0 Å². The van der Waals surface area contributed by atoms with Gasteiger partial charge in [0, 0.05) is 49.5 Å². The molecule has 0 fully saturated rings. The minimum Gasteiger partial charge on any atom is -0.480 e. The maximum absolute atomic E-state index is 12.0. The van der Waals surface area contributed by atoms with Crippen molar-refractivity contribution in [1.82, 2.24) is 9.55 Å². The number of nitrogens with zero attached hydrogens (tertiary/aromatic N) is 3. The number of anilines is 1. The van der Waals surface area contributed by atoms with Gasteiger partial charge in [-0.05, 0) is 62.2 Å². The van der Waals surface area contributed by atoms with E-state index in [4.69, 9.17) is 16.3 Å². The van der Waals surface area contributed by atoms with Gasteiger partial charge in [-0.2, -0.15) is 0 Å². The Hall–Kier alpha value is -2.35. The molecule has 1 atom stereocenters. The van der Waals surface area contributed by atoms with Gasteiger partial charge in [0.15, 0.2) is 0 Å². The van der Waals surface area contributed by atoms with Gasteiger partial charge < -0.3 is 19.3 Å². The molecule has 1 unspecified atom stereocenters. The first kappa shape index (κ1) is 24.8. The van der Waals surface area contributed by atoms with E-state index in [9.17, 15) is 9.90 Å². The molecular weight excluding hydrogens is 466 g/mol. The van der Waals surface area contributed by atoms with Crippen LogP contribution in [0.15, 0.2) is 36.5 Å². The van der Waals surface area contributed by atoms with Gasteiger partial charge >= 0.3 is 5.97 Å². The van der Waals surface area contributed by atoms with Gasteiger partial charge in [-0.15, -0.1) is 0 Å². The quantitative estimate of drug-likeness (QED) is 0.235. The van der Waals surface area contributed by atoms with E-state index in [1.165, 1.54) is 0 Å². The lowest BCUT2D eigenvalue weighted by atomic mass is 10.0. The number of rotatable bonds is 7. The number of halogens is 1. The van der Waals surface area contributed by atoms with Crippen molar-refractivity contribution in [2.24, 2.45) is 0 Å². The zero-order chi connectivity index (χ0) is 24.8. The fourth-order valence-corrected chi connectivity index (χ4v) is 5.56. The SMILES string of the molecule is CC(C)(C)N1c2ccc(-c3cn(COCC[Si](C)(C)C)c4nc(Cl)ccc34)cc2CC1C(=O)O. The van der Waals surface area contributed by atoms with E-state index in [-0.39, 0.29) is 5.54 Å². The molecule has 0 radical (unpaired) electrons. The van der Waals surface area contributed by atoms with Gasteiger partial charge in [-0.1, -0.05) is 37.3 Å². The van der Waals surface area contributed by atoms with Crippen LogP contribution in [0.1, 0.15) is 26.3 Å². The molecule has 0 amide bonds. The minimum atomic E-state index is -1.17. The van der Waals surface area contributed by atoms with Crippen LogP contribution in [0.2, 0.25) is 30.8 Å². The minimum absolute atomic E-state index is 0.292. The van der Waals surface area contributed by atoms with Crippen LogP contribution in [0.25, 0.3) is 22.2 Å². The zero-order valence-electron chi connectivity index (χ0n) is 20.9. The number of aliphatic carboxylic acids is 1. The molecule has 0 spiro atoms. The fraction of sp³-hybridized carbons (Fsp3) is 0.462. The van der Waals surface area contributed by atoms with Crippen molar-refractivity contribution in [3.63, 3.8) is 0 Å². The molecule has 4 rings (SSSR count). The number of carboxylic acids is 1. The van der Waals surface area contributed by atoms with Crippen LogP contribution in [0.5, 0.6) is 0 Å². The Bertz CT molecular complexity index is 1230. The van der Waals surface area contributed by atoms with E-state index < -0.39 is 20.1 Å². The topological polar surface area (TPSA) is 67.6 Å². The van der Waals surface area contributed by atoms with Crippen LogP contribution in [0.3, 0.4) is 0 Å². The molecule has 0 saturated carbocycles. The predicted molar refractivity (Wildman–Crippen MR) is 142 cm³/mol. The van der Waals surface area contributed by atoms with Crippen LogP contribution in [0, 0.1) is 0 Å². The number of pyridine rings is 1. The average Bonchev–Trinajstić information content (AvgIpc) is 3.28. The first-order chi connectivity index (χ1) is 15.8. The van der Waals surface area contributed by atoms with E-state index in [0.29, 0.717) is 18.3 Å². The summed E-state index contributed by atoms with van der Waals surface area (Å²) in [6.07, 6.45) is 2.55. The number of hydrogen-bond donors (Lipinski definition) is 1. The lowest BCUT2D eigenvalue weighted by Crippen LogP contribution is -2.49. The Kier molecular flexibility index (Phi) is 6.57. The average molecular weight is 500 g/mol. The van der Waals surface area contributed by atoms with Crippen LogP contribution in [0.4, 0.5) is 5.69 Å². The first-order valence-electron chi connectivity index (χ1n) is 11.7. The van der Waals surface area contributed by atoms with Crippen molar-refractivity contribution in [2.75, 3.05) is 11.5 Å². The number of benzene rings is 1. The highest BCUT2D eigenvalue weighted by atomic mass is 35.5. The van der Waals surface area contributed by atoms with Crippen molar-refractivity contribution in [3.8, 4) is 11.1 Å². The van der Waals surface area contributed by atoms with E-state index in [2.05, 4.69) is 69.8 Å². The third kappa shape index (κ3) is 5.02. The Labute approximate surface area is 207 Å². The lowest BCUT2D eigenvalue weighted by Gasteiger charge is -2.37. The summed E-state index contributed by atoms with van der Waals surface area (Å²) in [5, 5.41) is 11.3. The normalized spacial score (nSPS) is 16.3. The zero-order valence-corrected chi connectivity index (χ0v) is 22.6. The monoisotopic (exact) mass is 499 g/mol. The Balaban J connectivity index is 1.70. The molecule has 3 heterocycles.